The summed E-state index contributed by atoms with van der Waals surface area (Å²) in [6.07, 6.45) is 7.12. The largest absolute Gasteiger partial charge is 0.355 e. The van der Waals surface area contributed by atoms with Crippen LogP contribution in [0.5, 0.6) is 0 Å². The van der Waals surface area contributed by atoms with E-state index in [-0.39, 0.29) is 17.9 Å². The van der Waals surface area contributed by atoms with Gasteiger partial charge in [-0.1, -0.05) is 26.7 Å². The Balaban J connectivity index is 1.85. The number of carbonyl (C=O) groups is 1. The molecular formula is C14H26N2O. The summed E-state index contributed by atoms with van der Waals surface area (Å²) >= 11 is 0. The van der Waals surface area contributed by atoms with Crippen molar-refractivity contribution in [1.29, 1.82) is 0 Å². The lowest BCUT2D eigenvalue weighted by molar-refractivity contribution is -0.129. The minimum absolute atomic E-state index is 0.0347. The van der Waals surface area contributed by atoms with Gasteiger partial charge in [-0.05, 0) is 37.0 Å². The van der Waals surface area contributed by atoms with Gasteiger partial charge >= 0.3 is 0 Å². The van der Waals surface area contributed by atoms with Crippen LogP contribution in [0.4, 0.5) is 0 Å². The molecule has 0 aromatic heterocycles. The molecule has 0 aliphatic heterocycles. The molecular weight excluding hydrogens is 212 g/mol. The summed E-state index contributed by atoms with van der Waals surface area (Å²) in [6.45, 7) is 5.26. The number of rotatable bonds is 3. The second-order valence-corrected chi connectivity index (χ2v) is 6.48. The Morgan fingerprint density at radius 3 is 2.59 bits per heavy atom. The molecule has 1 amide bonds. The summed E-state index contributed by atoms with van der Waals surface area (Å²) < 4.78 is 0. The third kappa shape index (κ3) is 2.82. The summed E-state index contributed by atoms with van der Waals surface area (Å²) in [5, 5.41) is 3.14. The summed E-state index contributed by atoms with van der Waals surface area (Å²) in [4.78, 5) is 12.2. The van der Waals surface area contributed by atoms with E-state index in [9.17, 15) is 4.79 Å². The normalized spacial score (nSPS) is 36.1. The zero-order valence-electron chi connectivity index (χ0n) is 11.2. The fourth-order valence-electron chi connectivity index (χ4n) is 3.28. The van der Waals surface area contributed by atoms with Crippen molar-refractivity contribution in [2.24, 2.45) is 23.0 Å². The molecule has 98 valence electrons. The molecule has 2 fully saturated rings. The van der Waals surface area contributed by atoms with Gasteiger partial charge in [0.05, 0.1) is 5.92 Å². The Bertz CT molecular complexity index is 276. The van der Waals surface area contributed by atoms with Crippen LogP contribution in [0.15, 0.2) is 0 Å². The van der Waals surface area contributed by atoms with Crippen LogP contribution in [0.1, 0.15) is 52.4 Å². The zero-order chi connectivity index (χ0) is 12.5. The Kier molecular flexibility index (Phi) is 3.76. The summed E-state index contributed by atoms with van der Waals surface area (Å²) in [7, 11) is 0. The molecule has 0 bridgehead atoms. The van der Waals surface area contributed by atoms with Crippen molar-refractivity contribution in [3.8, 4) is 0 Å². The summed E-state index contributed by atoms with van der Waals surface area (Å²) in [5.41, 5.74) is 6.45. The van der Waals surface area contributed by atoms with E-state index in [1.54, 1.807) is 0 Å². The second kappa shape index (κ2) is 4.97. The molecule has 2 rings (SSSR count). The number of hydrogen-bond acceptors (Lipinski definition) is 2. The Morgan fingerprint density at radius 2 is 2.06 bits per heavy atom. The first-order valence-corrected chi connectivity index (χ1v) is 7.05. The number of hydrogen-bond donors (Lipinski definition) is 2. The van der Waals surface area contributed by atoms with Crippen LogP contribution in [0.3, 0.4) is 0 Å². The number of nitrogens with two attached hydrogens (primary N) is 1. The van der Waals surface area contributed by atoms with E-state index in [1.165, 1.54) is 25.7 Å². The Morgan fingerprint density at radius 1 is 1.35 bits per heavy atom. The summed E-state index contributed by atoms with van der Waals surface area (Å²) in [6, 6.07) is 0.0629. The van der Waals surface area contributed by atoms with Gasteiger partial charge in [0.2, 0.25) is 5.91 Å². The predicted octanol–water partition coefficient (Wildman–Crippen LogP) is 2.06. The monoisotopic (exact) mass is 238 g/mol. The average molecular weight is 238 g/mol. The minimum atomic E-state index is 0.0347. The maximum atomic E-state index is 12.2. The Hall–Kier alpha value is -0.570. The smallest absolute Gasteiger partial charge is 0.224 e. The van der Waals surface area contributed by atoms with Gasteiger partial charge in [0.15, 0.2) is 0 Å². The van der Waals surface area contributed by atoms with Crippen LogP contribution >= 0.6 is 0 Å². The minimum Gasteiger partial charge on any atom is -0.355 e. The lowest BCUT2D eigenvalue weighted by atomic mass is 9.70. The number of nitrogens with one attached hydrogen (secondary N) is 1. The highest BCUT2D eigenvalue weighted by Gasteiger charge is 2.36. The molecule has 2 unspecified atom stereocenters. The third-order valence-electron chi connectivity index (χ3n) is 4.82. The van der Waals surface area contributed by atoms with Gasteiger partial charge in [0.25, 0.3) is 0 Å². The van der Waals surface area contributed by atoms with Crippen LogP contribution in [0.25, 0.3) is 0 Å². The van der Waals surface area contributed by atoms with Crippen LogP contribution in [-0.4, -0.2) is 18.5 Å². The van der Waals surface area contributed by atoms with E-state index in [0.29, 0.717) is 11.3 Å². The molecule has 0 spiro atoms. The Labute approximate surface area is 105 Å². The van der Waals surface area contributed by atoms with Gasteiger partial charge in [-0.15, -0.1) is 0 Å². The lowest BCUT2D eigenvalue weighted by Crippen LogP contribution is -2.50. The van der Waals surface area contributed by atoms with Crippen LogP contribution in [0, 0.1) is 17.3 Å². The standard InChI is InChI=1S/C14H26N2O/c1-10-5-3-6-11(15)12(10)13(17)16-9-14(2)7-4-8-14/h10-12H,3-9,15H2,1-2H3,(H,16,17)/t10-,11?,12?/m1/s1. The quantitative estimate of drug-likeness (QED) is 0.790. The first kappa shape index (κ1) is 12.9. The molecule has 3 N–H and O–H groups in total. The molecule has 3 nitrogen and oxygen atoms in total. The molecule has 0 aromatic rings. The van der Waals surface area contributed by atoms with Crippen molar-refractivity contribution in [2.45, 2.75) is 58.4 Å². The molecule has 3 atom stereocenters. The van der Waals surface area contributed by atoms with Crippen LogP contribution < -0.4 is 11.1 Å². The number of amides is 1. The lowest BCUT2D eigenvalue weighted by Gasteiger charge is -2.40. The van der Waals surface area contributed by atoms with Gasteiger partial charge in [-0.2, -0.15) is 0 Å². The fourth-order valence-corrected chi connectivity index (χ4v) is 3.28. The SMILES string of the molecule is C[C@@H]1CCCC(N)C1C(=O)NCC1(C)CCC1. The molecule has 0 aromatic carbocycles. The first-order valence-electron chi connectivity index (χ1n) is 7.05. The van der Waals surface area contributed by atoms with E-state index in [1.807, 2.05) is 0 Å². The molecule has 0 radical (unpaired) electrons. The molecule has 2 saturated carbocycles. The molecule has 2 aliphatic carbocycles. The van der Waals surface area contributed by atoms with Gasteiger partial charge in [-0.3, -0.25) is 4.79 Å². The van der Waals surface area contributed by atoms with Crippen molar-refractivity contribution in [3.05, 3.63) is 0 Å². The van der Waals surface area contributed by atoms with Crippen molar-refractivity contribution in [2.75, 3.05) is 6.54 Å². The molecule has 17 heavy (non-hydrogen) atoms. The second-order valence-electron chi connectivity index (χ2n) is 6.48. The molecule has 0 heterocycles. The van der Waals surface area contributed by atoms with Crippen molar-refractivity contribution in [3.63, 3.8) is 0 Å². The molecule has 3 heteroatoms. The van der Waals surface area contributed by atoms with Crippen molar-refractivity contribution < 1.29 is 4.79 Å². The highest BCUT2D eigenvalue weighted by molar-refractivity contribution is 5.79. The topological polar surface area (TPSA) is 55.1 Å². The predicted molar refractivity (Wildman–Crippen MR) is 69.4 cm³/mol. The third-order valence-corrected chi connectivity index (χ3v) is 4.82. The zero-order valence-corrected chi connectivity index (χ0v) is 11.2. The summed E-state index contributed by atoms with van der Waals surface area (Å²) in [5.74, 6) is 0.665. The van der Waals surface area contributed by atoms with E-state index in [4.69, 9.17) is 5.73 Å². The first-order chi connectivity index (χ1) is 8.02. The van der Waals surface area contributed by atoms with Crippen molar-refractivity contribution in [1.82, 2.24) is 5.32 Å². The van der Waals surface area contributed by atoms with Gasteiger partial charge in [0, 0.05) is 12.6 Å². The molecule has 0 saturated heterocycles. The average Bonchev–Trinajstić information content (AvgIpc) is 2.23. The maximum absolute atomic E-state index is 12.2. The number of carbonyl (C=O) groups excluding carboxylic acids is 1. The van der Waals surface area contributed by atoms with Crippen LogP contribution in [0.2, 0.25) is 0 Å². The highest BCUT2D eigenvalue weighted by atomic mass is 16.1. The van der Waals surface area contributed by atoms with Gasteiger partial charge in [-0.25, -0.2) is 0 Å². The van der Waals surface area contributed by atoms with Gasteiger partial charge in [0.1, 0.15) is 0 Å². The van der Waals surface area contributed by atoms with E-state index < -0.39 is 0 Å². The molecule has 2 aliphatic rings. The van der Waals surface area contributed by atoms with E-state index in [0.717, 1.165) is 19.4 Å². The van der Waals surface area contributed by atoms with Crippen LogP contribution in [-0.2, 0) is 4.79 Å². The highest BCUT2D eigenvalue weighted by Crippen LogP contribution is 2.39. The van der Waals surface area contributed by atoms with E-state index in [2.05, 4.69) is 19.2 Å². The van der Waals surface area contributed by atoms with Crippen molar-refractivity contribution >= 4 is 5.91 Å². The van der Waals surface area contributed by atoms with E-state index >= 15 is 0 Å². The fraction of sp³-hybridized carbons (Fsp3) is 0.929. The maximum Gasteiger partial charge on any atom is 0.224 e. The van der Waals surface area contributed by atoms with Gasteiger partial charge < -0.3 is 11.1 Å².